The Balaban J connectivity index is 1.36. The molecule has 0 saturated carbocycles. The Morgan fingerprint density at radius 3 is 2.42 bits per heavy atom. The molecule has 8 nitrogen and oxygen atoms in total. The van der Waals surface area contributed by atoms with E-state index in [0.717, 1.165) is 41.8 Å². The third-order valence-electron chi connectivity index (χ3n) is 5.90. The van der Waals surface area contributed by atoms with Crippen molar-refractivity contribution in [2.45, 2.75) is 31.1 Å². The second-order valence-corrected chi connectivity index (χ2v) is 10.1. The highest BCUT2D eigenvalue weighted by molar-refractivity contribution is 7.89. The number of aromatic nitrogens is 2. The summed E-state index contributed by atoms with van der Waals surface area (Å²) in [6.45, 7) is 4.05. The maximum Gasteiger partial charge on any atom is 0.243 e. The second-order valence-electron chi connectivity index (χ2n) is 8.23. The molecule has 0 radical (unpaired) electrons. The molecule has 2 aliphatic rings. The number of benzene rings is 2. The Morgan fingerprint density at radius 2 is 1.67 bits per heavy atom. The average molecular weight is 467 g/mol. The van der Waals surface area contributed by atoms with Crippen molar-refractivity contribution in [3.05, 3.63) is 54.1 Å². The van der Waals surface area contributed by atoms with Crippen LogP contribution in [0, 0.1) is 6.92 Å². The molecule has 9 heteroatoms. The monoisotopic (exact) mass is 466 g/mol. The zero-order chi connectivity index (χ0) is 22.8. The highest BCUT2D eigenvalue weighted by Crippen LogP contribution is 2.33. The van der Waals surface area contributed by atoms with Crippen molar-refractivity contribution in [1.82, 2.24) is 14.5 Å². The molecule has 3 aromatic rings. The zero-order valence-corrected chi connectivity index (χ0v) is 19.3. The van der Waals surface area contributed by atoms with Crippen LogP contribution in [0.5, 0.6) is 11.5 Å². The Labute approximate surface area is 193 Å². The van der Waals surface area contributed by atoms with E-state index in [1.807, 2.05) is 49.4 Å². The number of ether oxygens (including phenoxy) is 2. The van der Waals surface area contributed by atoms with Crippen LogP contribution in [0.3, 0.4) is 0 Å². The lowest BCUT2D eigenvalue weighted by atomic mass is 10.1. The molecule has 3 heterocycles. The molecule has 0 aliphatic carbocycles. The number of hydrogen-bond acceptors (Lipinski definition) is 7. The van der Waals surface area contributed by atoms with E-state index in [4.69, 9.17) is 9.47 Å². The lowest BCUT2D eigenvalue weighted by Crippen LogP contribution is -2.35. The molecular formula is C24H26N4O4S. The SMILES string of the molecule is Cc1ccc(-c2ccc(Nc3ccc4c(c3)OCCO4)nn2)cc1S(=O)(=O)N1CCCCC1. The van der Waals surface area contributed by atoms with E-state index in [-0.39, 0.29) is 0 Å². The fourth-order valence-corrected chi connectivity index (χ4v) is 5.87. The second kappa shape index (κ2) is 8.99. The number of rotatable bonds is 5. The molecule has 1 saturated heterocycles. The van der Waals surface area contributed by atoms with Crippen LogP contribution in [0.25, 0.3) is 11.3 Å². The number of fused-ring (bicyclic) bond motifs is 1. The molecule has 5 rings (SSSR count). The highest BCUT2D eigenvalue weighted by atomic mass is 32.2. The number of piperidine rings is 1. The van der Waals surface area contributed by atoms with Gasteiger partial charge in [-0.15, -0.1) is 10.2 Å². The van der Waals surface area contributed by atoms with Crippen molar-refractivity contribution in [1.29, 1.82) is 0 Å². The van der Waals surface area contributed by atoms with Crippen LogP contribution in [0.15, 0.2) is 53.4 Å². The van der Waals surface area contributed by atoms with Gasteiger partial charge in [-0.1, -0.05) is 18.6 Å². The van der Waals surface area contributed by atoms with E-state index in [0.29, 0.717) is 48.5 Å². The summed E-state index contributed by atoms with van der Waals surface area (Å²) >= 11 is 0. The first-order chi connectivity index (χ1) is 16.0. The fraction of sp³-hybridized carbons (Fsp3) is 0.333. The Kier molecular flexibility index (Phi) is 5.90. The molecule has 1 fully saturated rings. The minimum atomic E-state index is -3.53. The lowest BCUT2D eigenvalue weighted by Gasteiger charge is -2.26. The van der Waals surface area contributed by atoms with Crippen LogP contribution in [0.2, 0.25) is 0 Å². The van der Waals surface area contributed by atoms with Crippen molar-refractivity contribution in [3.63, 3.8) is 0 Å². The van der Waals surface area contributed by atoms with Gasteiger partial charge in [0.15, 0.2) is 17.3 Å². The first-order valence-corrected chi connectivity index (χ1v) is 12.6. The normalized spacial score (nSPS) is 16.4. The molecule has 2 aliphatic heterocycles. The molecule has 0 atom stereocenters. The molecule has 0 amide bonds. The maximum atomic E-state index is 13.2. The Morgan fingerprint density at radius 1 is 0.879 bits per heavy atom. The van der Waals surface area contributed by atoms with Gasteiger partial charge in [0, 0.05) is 30.4 Å². The Bertz CT molecular complexity index is 1260. The molecule has 172 valence electrons. The van der Waals surface area contributed by atoms with Crippen LogP contribution in [-0.2, 0) is 10.0 Å². The van der Waals surface area contributed by atoms with E-state index in [9.17, 15) is 8.42 Å². The lowest BCUT2D eigenvalue weighted by molar-refractivity contribution is 0.171. The molecule has 0 bridgehead atoms. The van der Waals surface area contributed by atoms with E-state index >= 15 is 0 Å². The molecule has 0 unspecified atom stereocenters. The fourth-order valence-electron chi connectivity index (χ4n) is 4.10. The van der Waals surface area contributed by atoms with Gasteiger partial charge >= 0.3 is 0 Å². The topological polar surface area (TPSA) is 93.6 Å². The summed E-state index contributed by atoms with van der Waals surface area (Å²) in [6.07, 6.45) is 2.88. The van der Waals surface area contributed by atoms with Gasteiger partial charge in [-0.2, -0.15) is 4.31 Å². The van der Waals surface area contributed by atoms with E-state index in [1.54, 1.807) is 10.4 Å². The average Bonchev–Trinajstić information content (AvgIpc) is 2.85. The van der Waals surface area contributed by atoms with E-state index in [2.05, 4.69) is 15.5 Å². The summed E-state index contributed by atoms with van der Waals surface area (Å²) in [5, 5.41) is 11.8. The molecule has 0 spiro atoms. The summed E-state index contributed by atoms with van der Waals surface area (Å²) in [5.74, 6) is 1.99. The van der Waals surface area contributed by atoms with Gasteiger partial charge in [0.2, 0.25) is 10.0 Å². The summed E-state index contributed by atoms with van der Waals surface area (Å²) in [5.41, 5.74) is 2.87. The highest BCUT2D eigenvalue weighted by Gasteiger charge is 2.27. The number of nitrogens with zero attached hydrogens (tertiary/aromatic N) is 3. The largest absolute Gasteiger partial charge is 0.486 e. The van der Waals surface area contributed by atoms with Gasteiger partial charge in [0.25, 0.3) is 0 Å². The quantitative estimate of drug-likeness (QED) is 0.604. The predicted molar refractivity (Wildman–Crippen MR) is 126 cm³/mol. The zero-order valence-electron chi connectivity index (χ0n) is 18.5. The maximum absolute atomic E-state index is 13.2. The van der Waals surface area contributed by atoms with Crippen molar-refractivity contribution < 1.29 is 17.9 Å². The van der Waals surface area contributed by atoms with Gasteiger partial charge in [-0.25, -0.2) is 8.42 Å². The molecule has 1 aromatic heterocycles. The van der Waals surface area contributed by atoms with Crippen LogP contribution < -0.4 is 14.8 Å². The van der Waals surface area contributed by atoms with Gasteiger partial charge in [-0.05, 0) is 55.7 Å². The van der Waals surface area contributed by atoms with Crippen molar-refractivity contribution in [2.24, 2.45) is 0 Å². The van der Waals surface area contributed by atoms with Crippen LogP contribution >= 0.6 is 0 Å². The van der Waals surface area contributed by atoms with E-state index in [1.165, 1.54) is 0 Å². The third-order valence-corrected chi connectivity index (χ3v) is 7.94. The van der Waals surface area contributed by atoms with Gasteiger partial charge < -0.3 is 14.8 Å². The summed E-state index contributed by atoms with van der Waals surface area (Å²) < 4.78 is 39.2. The Hall–Kier alpha value is -3.17. The number of sulfonamides is 1. The first-order valence-electron chi connectivity index (χ1n) is 11.1. The minimum absolute atomic E-state index is 0.335. The van der Waals surface area contributed by atoms with Crippen molar-refractivity contribution in [2.75, 3.05) is 31.6 Å². The van der Waals surface area contributed by atoms with Crippen molar-refractivity contribution in [3.8, 4) is 22.8 Å². The molecule has 33 heavy (non-hydrogen) atoms. The first kappa shape index (κ1) is 21.7. The molecule has 2 aromatic carbocycles. The van der Waals surface area contributed by atoms with Gasteiger partial charge in [-0.3, -0.25) is 0 Å². The number of aryl methyl sites for hydroxylation is 1. The van der Waals surface area contributed by atoms with Crippen LogP contribution in [0.4, 0.5) is 11.5 Å². The van der Waals surface area contributed by atoms with E-state index < -0.39 is 10.0 Å². The predicted octanol–water partition coefficient (Wildman–Crippen LogP) is 4.14. The molecular weight excluding hydrogens is 440 g/mol. The van der Waals surface area contributed by atoms with Crippen LogP contribution in [-0.4, -0.2) is 49.2 Å². The standard InChI is InChI=1S/C24H26N4O4S/c1-17-5-6-18(15-23(17)33(29,30)28-11-3-2-4-12-28)20-8-10-24(27-26-20)25-19-7-9-21-22(16-19)32-14-13-31-21/h5-10,15-16H,2-4,11-14H2,1H3,(H,25,27). The van der Waals surface area contributed by atoms with Gasteiger partial charge in [0.1, 0.15) is 13.2 Å². The smallest absolute Gasteiger partial charge is 0.243 e. The summed E-state index contributed by atoms with van der Waals surface area (Å²) in [7, 11) is -3.53. The van der Waals surface area contributed by atoms with Crippen molar-refractivity contribution >= 4 is 21.5 Å². The van der Waals surface area contributed by atoms with Crippen LogP contribution in [0.1, 0.15) is 24.8 Å². The summed E-state index contributed by atoms with van der Waals surface area (Å²) in [6, 6.07) is 14.7. The minimum Gasteiger partial charge on any atom is -0.486 e. The third kappa shape index (κ3) is 4.51. The number of nitrogens with one attached hydrogen (secondary N) is 1. The number of hydrogen-bond donors (Lipinski definition) is 1. The summed E-state index contributed by atoms with van der Waals surface area (Å²) in [4.78, 5) is 0.335. The molecule has 1 N–H and O–H groups in total. The van der Waals surface area contributed by atoms with Gasteiger partial charge in [0.05, 0.1) is 10.6 Å². The number of anilines is 2.